The zero-order chi connectivity index (χ0) is 13.8. The van der Waals surface area contributed by atoms with Crippen molar-refractivity contribution in [1.82, 2.24) is 5.32 Å². The van der Waals surface area contributed by atoms with Crippen molar-refractivity contribution in [2.24, 2.45) is 22.7 Å². The fourth-order valence-corrected chi connectivity index (χ4v) is 4.59. The zero-order valence-electron chi connectivity index (χ0n) is 11.7. The first-order valence-corrected chi connectivity index (χ1v) is 7.98. The number of amides is 1. The molecule has 2 aliphatic carbocycles. The lowest BCUT2D eigenvalue weighted by Gasteiger charge is -2.28. The predicted molar refractivity (Wildman–Crippen MR) is 77.0 cm³/mol. The maximum absolute atomic E-state index is 12.0. The summed E-state index contributed by atoms with van der Waals surface area (Å²) >= 11 is 1.57. The molecule has 0 spiro atoms. The van der Waals surface area contributed by atoms with Crippen LogP contribution in [0, 0.1) is 17.8 Å². The van der Waals surface area contributed by atoms with Crippen LogP contribution in [0.25, 0.3) is 0 Å². The Morgan fingerprint density at radius 2 is 2.11 bits per heavy atom. The van der Waals surface area contributed by atoms with Gasteiger partial charge in [0, 0.05) is 6.04 Å². The summed E-state index contributed by atoms with van der Waals surface area (Å²) in [4.78, 5) is 16.2. The van der Waals surface area contributed by atoms with Gasteiger partial charge in [-0.3, -0.25) is 4.79 Å². The molecule has 3 rings (SSSR count). The minimum absolute atomic E-state index is 0.0156. The maximum atomic E-state index is 12.0. The van der Waals surface area contributed by atoms with E-state index in [9.17, 15) is 9.90 Å². The summed E-state index contributed by atoms with van der Waals surface area (Å²) in [6.07, 6.45) is 2.92. The Balaban J connectivity index is 1.64. The number of aliphatic hydroxyl groups is 1. The number of thioether (sulfide) groups is 1. The number of rotatable bonds is 2. The topological polar surface area (TPSA) is 61.7 Å². The molecule has 0 aromatic rings. The van der Waals surface area contributed by atoms with Crippen molar-refractivity contribution >= 4 is 22.8 Å². The fourth-order valence-electron chi connectivity index (χ4n) is 3.48. The smallest absolute Gasteiger partial charge is 0.264 e. The van der Waals surface area contributed by atoms with Gasteiger partial charge in [-0.25, -0.2) is 0 Å². The normalized spacial score (nSPS) is 45.1. The third-order valence-corrected chi connectivity index (χ3v) is 6.64. The molecule has 19 heavy (non-hydrogen) atoms. The molecule has 0 aromatic heterocycles. The summed E-state index contributed by atoms with van der Waals surface area (Å²) < 4.78 is -0.417. The van der Waals surface area contributed by atoms with Crippen LogP contribution in [0.1, 0.15) is 40.0 Å². The van der Waals surface area contributed by atoms with Crippen molar-refractivity contribution in [3.05, 3.63) is 0 Å². The van der Waals surface area contributed by atoms with Crippen molar-refractivity contribution in [2.75, 3.05) is 0 Å². The molecule has 0 saturated heterocycles. The maximum Gasteiger partial charge on any atom is 0.264 e. The first-order valence-electron chi connectivity index (χ1n) is 7.17. The lowest BCUT2D eigenvalue weighted by Crippen LogP contribution is -2.40. The van der Waals surface area contributed by atoms with Gasteiger partial charge in [-0.1, -0.05) is 25.6 Å². The molecule has 0 unspecified atom stereocenters. The van der Waals surface area contributed by atoms with Crippen LogP contribution in [0.3, 0.4) is 0 Å². The Morgan fingerprint density at radius 3 is 2.58 bits per heavy atom. The highest BCUT2D eigenvalue weighted by atomic mass is 32.2. The molecule has 0 aromatic carbocycles. The number of fused-ring (bicyclic) bond motifs is 2. The molecule has 3 aliphatic rings. The average molecular weight is 282 g/mol. The number of nitrogens with zero attached hydrogens (tertiary/aromatic N) is 1. The molecule has 2 saturated carbocycles. The van der Waals surface area contributed by atoms with Gasteiger partial charge < -0.3 is 10.4 Å². The molecule has 106 valence electrons. The van der Waals surface area contributed by atoms with Gasteiger partial charge in [0.25, 0.3) is 5.91 Å². The molecule has 0 radical (unpaired) electrons. The van der Waals surface area contributed by atoms with Gasteiger partial charge >= 0.3 is 0 Å². The second kappa shape index (κ2) is 4.48. The van der Waals surface area contributed by atoms with E-state index in [1.165, 1.54) is 0 Å². The van der Waals surface area contributed by atoms with Crippen LogP contribution in [0.5, 0.6) is 0 Å². The average Bonchev–Trinajstić information content (AvgIpc) is 2.94. The van der Waals surface area contributed by atoms with E-state index in [4.69, 9.17) is 0 Å². The third kappa shape index (κ3) is 2.11. The Hall–Kier alpha value is -0.550. The molecule has 2 fully saturated rings. The third-order valence-electron chi connectivity index (χ3n) is 5.17. The van der Waals surface area contributed by atoms with E-state index >= 15 is 0 Å². The Kier molecular flexibility index (Phi) is 3.17. The largest absolute Gasteiger partial charge is 0.393 e. The Labute approximate surface area is 118 Å². The lowest BCUT2D eigenvalue weighted by molar-refractivity contribution is -0.120. The number of hydrogen-bond donors (Lipinski definition) is 2. The number of nitrogens with one attached hydrogen (secondary N) is 1. The highest BCUT2D eigenvalue weighted by Crippen LogP contribution is 2.46. The quantitative estimate of drug-likeness (QED) is 0.810. The monoisotopic (exact) mass is 282 g/mol. The molecule has 1 amide bonds. The van der Waals surface area contributed by atoms with Gasteiger partial charge in [0.2, 0.25) is 0 Å². The number of carbonyl (C=O) groups excluding carboxylic acids is 1. The molecule has 2 N–H and O–H groups in total. The summed E-state index contributed by atoms with van der Waals surface area (Å²) in [5.74, 6) is 1.25. The summed E-state index contributed by atoms with van der Waals surface area (Å²) in [5, 5.41) is 14.0. The molecular weight excluding hydrogens is 260 g/mol. The van der Waals surface area contributed by atoms with Crippen molar-refractivity contribution in [3.63, 3.8) is 0 Å². The Bertz CT molecular complexity index is 435. The minimum atomic E-state index is -0.417. The van der Waals surface area contributed by atoms with Gasteiger partial charge in [-0.2, -0.15) is 4.99 Å². The van der Waals surface area contributed by atoms with Crippen LogP contribution in [0.2, 0.25) is 0 Å². The van der Waals surface area contributed by atoms with Gasteiger partial charge in [-0.05, 0) is 43.9 Å². The van der Waals surface area contributed by atoms with E-state index in [1.54, 1.807) is 11.8 Å². The molecule has 5 atom stereocenters. The lowest BCUT2D eigenvalue weighted by atomic mass is 9.93. The van der Waals surface area contributed by atoms with Crippen LogP contribution in [-0.2, 0) is 4.79 Å². The van der Waals surface area contributed by atoms with E-state index < -0.39 is 4.75 Å². The van der Waals surface area contributed by atoms with Crippen molar-refractivity contribution in [3.8, 4) is 0 Å². The second-order valence-electron chi connectivity index (χ2n) is 6.63. The van der Waals surface area contributed by atoms with E-state index in [2.05, 4.69) is 24.2 Å². The van der Waals surface area contributed by atoms with Crippen LogP contribution in [0.15, 0.2) is 4.99 Å². The molecule has 5 heteroatoms. The van der Waals surface area contributed by atoms with Crippen molar-refractivity contribution < 1.29 is 9.90 Å². The first-order chi connectivity index (χ1) is 8.90. The number of amidine groups is 1. The zero-order valence-corrected chi connectivity index (χ0v) is 12.5. The van der Waals surface area contributed by atoms with Crippen molar-refractivity contribution in [2.45, 2.75) is 56.9 Å². The van der Waals surface area contributed by atoms with Gasteiger partial charge in [-0.15, -0.1) is 0 Å². The van der Waals surface area contributed by atoms with Crippen molar-refractivity contribution in [1.29, 1.82) is 0 Å². The number of hydrogen-bond acceptors (Lipinski definition) is 4. The van der Waals surface area contributed by atoms with E-state index in [-0.39, 0.29) is 17.9 Å². The number of aliphatic imine (C=N–C) groups is 1. The van der Waals surface area contributed by atoms with Crippen LogP contribution in [0.4, 0.5) is 0 Å². The van der Waals surface area contributed by atoms with E-state index in [0.717, 1.165) is 24.4 Å². The van der Waals surface area contributed by atoms with Crippen LogP contribution in [-0.4, -0.2) is 33.1 Å². The first kappa shape index (κ1) is 13.4. The fraction of sp³-hybridized carbons (Fsp3) is 0.857. The predicted octanol–water partition coefficient (Wildman–Crippen LogP) is 1.78. The molecule has 1 heterocycles. The Morgan fingerprint density at radius 1 is 1.37 bits per heavy atom. The van der Waals surface area contributed by atoms with E-state index in [0.29, 0.717) is 17.9 Å². The summed E-state index contributed by atoms with van der Waals surface area (Å²) in [5.41, 5.74) is 0. The molecular formula is C14H22N2O2S. The van der Waals surface area contributed by atoms with E-state index in [1.807, 2.05) is 6.92 Å². The second-order valence-corrected chi connectivity index (χ2v) is 8.07. The number of aliphatic hydroxyl groups excluding tert-OH is 1. The molecule has 4 nitrogen and oxygen atoms in total. The SMILES string of the molecule is CC(C)[C@@]1(C)SC(N[C@H]2C[C@H]3C[C@@H]2C[C@H]3O)=NC1=O. The summed E-state index contributed by atoms with van der Waals surface area (Å²) in [6, 6.07) is 0.391. The van der Waals surface area contributed by atoms with Crippen LogP contribution < -0.4 is 5.32 Å². The molecule has 2 bridgehead atoms. The van der Waals surface area contributed by atoms with Gasteiger partial charge in [0.1, 0.15) is 4.75 Å². The van der Waals surface area contributed by atoms with Crippen LogP contribution >= 0.6 is 11.8 Å². The highest BCUT2D eigenvalue weighted by Gasteiger charge is 2.48. The highest BCUT2D eigenvalue weighted by molar-refractivity contribution is 8.16. The summed E-state index contributed by atoms with van der Waals surface area (Å²) in [6.45, 7) is 6.11. The minimum Gasteiger partial charge on any atom is -0.393 e. The number of carbonyl (C=O) groups is 1. The van der Waals surface area contributed by atoms with Gasteiger partial charge in [0.05, 0.1) is 6.10 Å². The standard InChI is InChI=1S/C14H22N2O2S/c1-7(2)14(3)12(18)16-13(19-14)15-10-5-9-4-8(10)6-11(9)17/h7-11,17H,4-6H2,1-3H3,(H,15,16,18)/t8-,9-,10+,11-,14-/m1/s1. The summed E-state index contributed by atoms with van der Waals surface area (Å²) in [7, 11) is 0. The van der Waals surface area contributed by atoms with Gasteiger partial charge in [0.15, 0.2) is 5.17 Å². The molecule has 1 aliphatic heterocycles.